The average Bonchev–Trinajstić information content (AvgIpc) is 2.67. The van der Waals surface area contributed by atoms with Crippen LogP contribution >= 0.6 is 0 Å². The SMILES string of the molecule is N#Cc1ccc(N2CCC(Nc3cccc(CCC(=O)O)c3)CC2)cc1. The van der Waals surface area contributed by atoms with E-state index >= 15 is 0 Å². The third kappa shape index (κ3) is 4.76. The van der Waals surface area contributed by atoms with E-state index in [-0.39, 0.29) is 6.42 Å². The second-order valence-corrected chi connectivity index (χ2v) is 6.66. The maximum absolute atomic E-state index is 10.7. The Hall–Kier alpha value is -3.00. The topological polar surface area (TPSA) is 76.4 Å². The summed E-state index contributed by atoms with van der Waals surface area (Å²) < 4.78 is 0. The highest BCUT2D eigenvalue weighted by Gasteiger charge is 2.19. The maximum atomic E-state index is 10.7. The molecule has 0 amide bonds. The molecule has 0 saturated carbocycles. The van der Waals surface area contributed by atoms with Crippen LogP contribution in [0.25, 0.3) is 0 Å². The van der Waals surface area contributed by atoms with E-state index in [1.165, 1.54) is 0 Å². The molecule has 1 saturated heterocycles. The first-order valence-electron chi connectivity index (χ1n) is 8.96. The van der Waals surface area contributed by atoms with Crippen LogP contribution in [-0.4, -0.2) is 30.2 Å². The van der Waals surface area contributed by atoms with Crippen LogP contribution in [0.1, 0.15) is 30.4 Å². The third-order valence-electron chi connectivity index (χ3n) is 4.78. The molecule has 0 radical (unpaired) electrons. The summed E-state index contributed by atoms with van der Waals surface area (Å²) >= 11 is 0. The van der Waals surface area contributed by atoms with Crippen molar-refractivity contribution in [2.24, 2.45) is 0 Å². The minimum absolute atomic E-state index is 0.159. The standard InChI is InChI=1S/C21H23N3O2/c22-15-17-4-7-20(8-5-17)24-12-10-18(11-13-24)23-19-3-1-2-16(14-19)6-9-21(25)26/h1-5,7-8,14,18,23H,6,9-13H2,(H,25,26). The number of piperidine rings is 1. The molecule has 2 aromatic carbocycles. The number of nitriles is 1. The largest absolute Gasteiger partial charge is 0.481 e. The zero-order valence-electron chi connectivity index (χ0n) is 14.7. The summed E-state index contributed by atoms with van der Waals surface area (Å²) in [5.41, 5.74) is 3.96. The molecule has 1 heterocycles. The second-order valence-electron chi connectivity index (χ2n) is 6.66. The van der Waals surface area contributed by atoms with Gasteiger partial charge in [0.05, 0.1) is 11.6 Å². The van der Waals surface area contributed by atoms with Crippen molar-refractivity contribution in [3.8, 4) is 6.07 Å². The van der Waals surface area contributed by atoms with Crippen molar-refractivity contribution in [2.75, 3.05) is 23.3 Å². The van der Waals surface area contributed by atoms with Gasteiger partial charge in [0, 0.05) is 36.9 Å². The Morgan fingerprint density at radius 2 is 1.92 bits per heavy atom. The molecular formula is C21H23N3O2. The number of benzene rings is 2. The molecule has 0 atom stereocenters. The van der Waals surface area contributed by atoms with Crippen LogP contribution in [0.4, 0.5) is 11.4 Å². The Kier molecular flexibility index (Phi) is 5.75. The first-order chi connectivity index (χ1) is 12.6. The number of nitrogens with one attached hydrogen (secondary N) is 1. The van der Waals surface area contributed by atoms with Crippen LogP contribution in [0.3, 0.4) is 0 Å². The monoisotopic (exact) mass is 349 g/mol. The molecule has 0 spiro atoms. The van der Waals surface area contributed by atoms with Gasteiger partial charge in [-0.05, 0) is 61.2 Å². The predicted molar refractivity (Wildman–Crippen MR) is 102 cm³/mol. The molecule has 3 rings (SSSR count). The van der Waals surface area contributed by atoms with Crippen molar-refractivity contribution in [3.05, 3.63) is 59.7 Å². The van der Waals surface area contributed by atoms with E-state index < -0.39 is 5.97 Å². The minimum atomic E-state index is -0.765. The third-order valence-corrected chi connectivity index (χ3v) is 4.78. The van der Waals surface area contributed by atoms with E-state index in [0.29, 0.717) is 18.0 Å². The Bertz CT molecular complexity index is 788. The summed E-state index contributed by atoms with van der Waals surface area (Å²) in [5.74, 6) is -0.765. The molecule has 0 bridgehead atoms. The second kappa shape index (κ2) is 8.39. The molecule has 26 heavy (non-hydrogen) atoms. The highest BCUT2D eigenvalue weighted by Crippen LogP contribution is 2.23. The number of aliphatic carboxylic acids is 1. The van der Waals surface area contributed by atoms with Crippen LogP contribution in [0.15, 0.2) is 48.5 Å². The highest BCUT2D eigenvalue weighted by atomic mass is 16.4. The number of nitrogens with zero attached hydrogens (tertiary/aromatic N) is 2. The van der Waals surface area contributed by atoms with Crippen molar-refractivity contribution in [1.82, 2.24) is 0 Å². The van der Waals surface area contributed by atoms with E-state index in [9.17, 15) is 4.79 Å². The predicted octanol–water partition coefficient (Wildman–Crippen LogP) is 3.66. The highest BCUT2D eigenvalue weighted by molar-refractivity contribution is 5.67. The molecule has 134 valence electrons. The number of rotatable bonds is 6. The molecule has 0 aromatic heterocycles. The van der Waals surface area contributed by atoms with Gasteiger partial charge in [0.25, 0.3) is 0 Å². The Morgan fingerprint density at radius 3 is 2.58 bits per heavy atom. The van der Waals surface area contributed by atoms with Crippen molar-refractivity contribution < 1.29 is 9.90 Å². The summed E-state index contributed by atoms with van der Waals surface area (Å²) in [6, 6.07) is 18.4. The summed E-state index contributed by atoms with van der Waals surface area (Å²) in [5, 5.41) is 21.3. The van der Waals surface area contributed by atoms with Gasteiger partial charge in [0.1, 0.15) is 0 Å². The van der Waals surface area contributed by atoms with Crippen LogP contribution < -0.4 is 10.2 Å². The summed E-state index contributed by atoms with van der Waals surface area (Å²) in [7, 11) is 0. The van der Waals surface area contributed by atoms with Crippen LogP contribution in [-0.2, 0) is 11.2 Å². The van der Waals surface area contributed by atoms with Gasteiger partial charge < -0.3 is 15.3 Å². The molecule has 0 aliphatic carbocycles. The fourth-order valence-corrected chi connectivity index (χ4v) is 3.33. The first kappa shape index (κ1) is 17.8. The van der Waals surface area contributed by atoms with Gasteiger partial charge in [0.15, 0.2) is 0 Å². The number of anilines is 2. The van der Waals surface area contributed by atoms with Crippen LogP contribution in [0, 0.1) is 11.3 Å². The average molecular weight is 349 g/mol. The maximum Gasteiger partial charge on any atom is 0.303 e. The van der Waals surface area contributed by atoms with E-state index in [0.717, 1.165) is 42.9 Å². The lowest BCUT2D eigenvalue weighted by atomic mass is 10.0. The van der Waals surface area contributed by atoms with Gasteiger partial charge in [-0.2, -0.15) is 5.26 Å². The van der Waals surface area contributed by atoms with E-state index in [1.807, 2.05) is 42.5 Å². The minimum Gasteiger partial charge on any atom is -0.481 e. The Balaban J connectivity index is 1.53. The van der Waals surface area contributed by atoms with Gasteiger partial charge >= 0.3 is 5.97 Å². The molecule has 5 heteroatoms. The summed E-state index contributed by atoms with van der Waals surface area (Å²) in [4.78, 5) is 13.1. The number of hydrogen-bond donors (Lipinski definition) is 2. The summed E-state index contributed by atoms with van der Waals surface area (Å²) in [6.07, 6.45) is 2.80. The van der Waals surface area contributed by atoms with Crippen molar-refractivity contribution in [1.29, 1.82) is 5.26 Å². The molecule has 1 aliphatic rings. The lowest BCUT2D eigenvalue weighted by Gasteiger charge is -2.34. The van der Waals surface area contributed by atoms with Gasteiger partial charge in [-0.25, -0.2) is 0 Å². The van der Waals surface area contributed by atoms with E-state index in [4.69, 9.17) is 10.4 Å². The number of hydrogen-bond acceptors (Lipinski definition) is 4. The summed E-state index contributed by atoms with van der Waals surface area (Å²) in [6.45, 7) is 1.95. The van der Waals surface area contributed by atoms with Crippen LogP contribution in [0.5, 0.6) is 0 Å². The smallest absolute Gasteiger partial charge is 0.303 e. The van der Waals surface area contributed by atoms with E-state index in [1.54, 1.807) is 0 Å². The van der Waals surface area contributed by atoms with Gasteiger partial charge in [-0.3, -0.25) is 4.79 Å². The lowest BCUT2D eigenvalue weighted by Crippen LogP contribution is -2.39. The molecule has 5 nitrogen and oxygen atoms in total. The van der Waals surface area contributed by atoms with Crippen molar-refractivity contribution in [2.45, 2.75) is 31.7 Å². The molecular weight excluding hydrogens is 326 g/mol. The Morgan fingerprint density at radius 1 is 1.19 bits per heavy atom. The van der Waals surface area contributed by atoms with Crippen LogP contribution in [0.2, 0.25) is 0 Å². The number of carbonyl (C=O) groups is 1. The normalized spacial score (nSPS) is 14.7. The van der Waals surface area contributed by atoms with Gasteiger partial charge in [-0.15, -0.1) is 0 Å². The molecule has 0 unspecified atom stereocenters. The van der Waals surface area contributed by atoms with Gasteiger partial charge in [-0.1, -0.05) is 12.1 Å². The number of aryl methyl sites for hydroxylation is 1. The first-order valence-corrected chi connectivity index (χ1v) is 8.96. The fraction of sp³-hybridized carbons (Fsp3) is 0.333. The molecule has 2 aromatic rings. The number of carboxylic acids is 1. The van der Waals surface area contributed by atoms with Crippen molar-refractivity contribution >= 4 is 17.3 Å². The van der Waals surface area contributed by atoms with E-state index in [2.05, 4.69) is 22.4 Å². The quantitative estimate of drug-likeness (QED) is 0.832. The zero-order chi connectivity index (χ0) is 18.4. The molecule has 1 fully saturated rings. The fourth-order valence-electron chi connectivity index (χ4n) is 3.33. The van der Waals surface area contributed by atoms with Gasteiger partial charge in [0.2, 0.25) is 0 Å². The lowest BCUT2D eigenvalue weighted by molar-refractivity contribution is -0.136. The molecule has 1 aliphatic heterocycles. The Labute approximate surface area is 153 Å². The zero-order valence-corrected chi connectivity index (χ0v) is 14.7. The number of carboxylic acid groups (broad SMARTS) is 1. The molecule has 2 N–H and O–H groups in total. The van der Waals surface area contributed by atoms with Crippen molar-refractivity contribution in [3.63, 3.8) is 0 Å².